The Hall–Kier alpha value is -3.28. The molecule has 1 aliphatic rings. The minimum absolute atomic E-state index is 0.0176. The Morgan fingerprint density at radius 2 is 1.88 bits per heavy atom. The minimum Gasteiger partial charge on any atom is -0.497 e. The van der Waals surface area contributed by atoms with Gasteiger partial charge in [0.2, 0.25) is 5.91 Å². The van der Waals surface area contributed by atoms with Crippen LogP contribution in [0.2, 0.25) is 0 Å². The molecule has 6 nitrogen and oxygen atoms in total. The van der Waals surface area contributed by atoms with E-state index in [0.29, 0.717) is 37.7 Å². The van der Waals surface area contributed by atoms with Gasteiger partial charge in [-0.1, -0.05) is 30.3 Å². The molecular formula is C26H31N3O3. The molecule has 0 bridgehead atoms. The lowest BCUT2D eigenvalue weighted by molar-refractivity contribution is -0.122. The Morgan fingerprint density at radius 1 is 1.09 bits per heavy atom. The van der Waals surface area contributed by atoms with Crippen LogP contribution in [-0.4, -0.2) is 48.4 Å². The molecular weight excluding hydrogens is 402 g/mol. The van der Waals surface area contributed by atoms with Crippen molar-refractivity contribution in [1.82, 2.24) is 15.2 Å². The summed E-state index contributed by atoms with van der Waals surface area (Å²) in [7, 11) is 1.63. The summed E-state index contributed by atoms with van der Waals surface area (Å²) in [5, 5.41) is 4.04. The van der Waals surface area contributed by atoms with Crippen LogP contribution in [0, 0.1) is 5.92 Å². The van der Waals surface area contributed by atoms with Gasteiger partial charge in [-0.25, -0.2) is 0 Å². The highest BCUT2D eigenvalue weighted by molar-refractivity contribution is 5.98. The number of fused-ring (bicyclic) bond motifs is 1. The summed E-state index contributed by atoms with van der Waals surface area (Å²) in [6, 6.07) is 18.0. The number of aromatic amines is 1. The first-order valence-electron chi connectivity index (χ1n) is 11.4. The van der Waals surface area contributed by atoms with Gasteiger partial charge in [-0.05, 0) is 55.4 Å². The first kappa shape index (κ1) is 21.9. The van der Waals surface area contributed by atoms with Crippen LogP contribution in [0.5, 0.6) is 5.75 Å². The van der Waals surface area contributed by atoms with E-state index in [2.05, 4.69) is 22.4 Å². The van der Waals surface area contributed by atoms with E-state index < -0.39 is 0 Å². The summed E-state index contributed by atoms with van der Waals surface area (Å²) >= 11 is 0. The van der Waals surface area contributed by atoms with Crippen LogP contribution in [0.1, 0.15) is 41.7 Å². The Balaban J connectivity index is 1.20. The number of H-pyrrole nitrogens is 1. The number of nitrogens with zero attached hydrogens (tertiary/aromatic N) is 1. The van der Waals surface area contributed by atoms with E-state index >= 15 is 0 Å². The van der Waals surface area contributed by atoms with Crippen molar-refractivity contribution in [2.45, 2.75) is 32.1 Å². The van der Waals surface area contributed by atoms with E-state index in [9.17, 15) is 9.59 Å². The monoisotopic (exact) mass is 433 g/mol. The van der Waals surface area contributed by atoms with Gasteiger partial charge >= 0.3 is 0 Å². The molecule has 2 heterocycles. The van der Waals surface area contributed by atoms with E-state index in [4.69, 9.17) is 4.74 Å². The molecule has 4 rings (SSSR count). The van der Waals surface area contributed by atoms with Gasteiger partial charge in [-0.2, -0.15) is 0 Å². The molecule has 0 radical (unpaired) electrons. The summed E-state index contributed by atoms with van der Waals surface area (Å²) in [6.45, 7) is 2.07. The summed E-state index contributed by atoms with van der Waals surface area (Å²) in [6.07, 6.45) is 4.18. The van der Waals surface area contributed by atoms with Gasteiger partial charge in [0.25, 0.3) is 5.91 Å². The second-order valence-electron chi connectivity index (χ2n) is 8.51. The molecule has 0 spiro atoms. The maximum absolute atomic E-state index is 12.9. The van der Waals surface area contributed by atoms with Crippen molar-refractivity contribution >= 4 is 22.7 Å². The van der Waals surface area contributed by atoms with Crippen molar-refractivity contribution in [3.63, 3.8) is 0 Å². The van der Waals surface area contributed by atoms with E-state index in [0.717, 1.165) is 42.3 Å². The lowest BCUT2D eigenvalue weighted by atomic mass is 9.93. The van der Waals surface area contributed by atoms with Crippen molar-refractivity contribution < 1.29 is 14.3 Å². The van der Waals surface area contributed by atoms with Crippen LogP contribution in [0.4, 0.5) is 0 Å². The smallest absolute Gasteiger partial charge is 0.270 e. The number of hydrogen-bond donors (Lipinski definition) is 2. The van der Waals surface area contributed by atoms with Gasteiger partial charge in [-0.15, -0.1) is 0 Å². The van der Waals surface area contributed by atoms with Gasteiger partial charge in [0.1, 0.15) is 11.4 Å². The minimum atomic E-state index is 0.0176. The third kappa shape index (κ3) is 5.49. The average Bonchev–Trinajstić information content (AvgIpc) is 3.26. The summed E-state index contributed by atoms with van der Waals surface area (Å²) < 4.78 is 5.25. The lowest BCUT2D eigenvalue weighted by Gasteiger charge is -2.31. The van der Waals surface area contributed by atoms with Gasteiger partial charge in [0.15, 0.2) is 0 Å². The van der Waals surface area contributed by atoms with Crippen LogP contribution >= 0.6 is 0 Å². The fourth-order valence-electron chi connectivity index (χ4n) is 4.36. The van der Waals surface area contributed by atoms with Crippen molar-refractivity contribution in [3.8, 4) is 5.75 Å². The maximum atomic E-state index is 12.9. The number of methoxy groups -OCH3 is 1. The summed E-state index contributed by atoms with van der Waals surface area (Å²) in [4.78, 5) is 30.3. The second kappa shape index (κ2) is 10.4. The predicted molar refractivity (Wildman–Crippen MR) is 126 cm³/mol. The molecule has 0 aliphatic carbocycles. The fourth-order valence-corrected chi connectivity index (χ4v) is 4.36. The van der Waals surface area contributed by atoms with E-state index in [-0.39, 0.29) is 11.8 Å². The highest BCUT2D eigenvalue weighted by Crippen LogP contribution is 2.25. The molecule has 2 amide bonds. The van der Waals surface area contributed by atoms with Gasteiger partial charge < -0.3 is 19.9 Å². The van der Waals surface area contributed by atoms with Gasteiger partial charge in [-0.3, -0.25) is 9.59 Å². The highest BCUT2D eigenvalue weighted by atomic mass is 16.5. The normalized spacial score (nSPS) is 14.5. The van der Waals surface area contributed by atoms with Crippen molar-refractivity contribution in [2.24, 2.45) is 5.92 Å². The lowest BCUT2D eigenvalue weighted by Crippen LogP contribution is -2.39. The topological polar surface area (TPSA) is 74.4 Å². The summed E-state index contributed by atoms with van der Waals surface area (Å²) in [5.74, 6) is 1.23. The first-order valence-corrected chi connectivity index (χ1v) is 11.4. The first-order chi connectivity index (χ1) is 15.6. The molecule has 1 fully saturated rings. The Morgan fingerprint density at radius 3 is 2.62 bits per heavy atom. The molecule has 1 aromatic heterocycles. The Labute approximate surface area is 188 Å². The number of benzene rings is 2. The molecule has 2 N–H and O–H groups in total. The molecule has 0 atom stereocenters. The molecule has 168 valence electrons. The van der Waals surface area contributed by atoms with Gasteiger partial charge in [0.05, 0.1) is 7.11 Å². The zero-order valence-electron chi connectivity index (χ0n) is 18.6. The van der Waals surface area contributed by atoms with Crippen LogP contribution < -0.4 is 10.1 Å². The molecule has 32 heavy (non-hydrogen) atoms. The van der Waals surface area contributed by atoms with Crippen molar-refractivity contribution in [1.29, 1.82) is 0 Å². The van der Waals surface area contributed by atoms with E-state index in [1.165, 1.54) is 5.56 Å². The third-order valence-corrected chi connectivity index (χ3v) is 6.24. The number of carbonyl (C=O) groups excluding carboxylic acids is 2. The summed E-state index contributed by atoms with van der Waals surface area (Å²) in [5.41, 5.74) is 2.79. The maximum Gasteiger partial charge on any atom is 0.270 e. The molecule has 1 saturated heterocycles. The fraction of sp³-hybridized carbons (Fsp3) is 0.385. The van der Waals surface area contributed by atoms with Crippen LogP contribution in [0.3, 0.4) is 0 Å². The third-order valence-electron chi connectivity index (χ3n) is 6.24. The largest absolute Gasteiger partial charge is 0.497 e. The number of nitrogens with one attached hydrogen (secondary N) is 2. The van der Waals surface area contributed by atoms with Crippen molar-refractivity contribution in [2.75, 3.05) is 26.7 Å². The van der Waals surface area contributed by atoms with Gasteiger partial charge in [0, 0.05) is 43.0 Å². The van der Waals surface area contributed by atoms with Crippen molar-refractivity contribution in [3.05, 3.63) is 65.9 Å². The molecule has 2 aromatic carbocycles. The molecule has 3 aromatic rings. The zero-order chi connectivity index (χ0) is 22.3. The standard InChI is InChI=1S/C26H31N3O3/c1-32-22-10-9-21-17-24(28-23(21)18-22)26(31)29-14-11-20(12-15-29)16-25(30)27-13-5-8-19-6-3-2-4-7-19/h2-4,6-7,9-10,17-18,20,28H,5,8,11-16H2,1H3,(H,27,30). The quantitative estimate of drug-likeness (QED) is 0.524. The number of carbonyl (C=O) groups is 2. The number of piperidine rings is 1. The molecule has 6 heteroatoms. The molecule has 0 saturated carbocycles. The number of hydrogen-bond acceptors (Lipinski definition) is 3. The number of aromatic nitrogens is 1. The molecule has 0 unspecified atom stereocenters. The molecule has 1 aliphatic heterocycles. The Kier molecular flexibility index (Phi) is 7.10. The number of ether oxygens (including phenoxy) is 1. The van der Waals surface area contributed by atoms with Crippen LogP contribution in [0.25, 0.3) is 10.9 Å². The second-order valence-corrected chi connectivity index (χ2v) is 8.51. The van der Waals surface area contributed by atoms with E-state index in [1.54, 1.807) is 7.11 Å². The number of likely N-dealkylation sites (tertiary alicyclic amines) is 1. The number of aryl methyl sites for hydroxylation is 1. The number of amides is 2. The highest BCUT2D eigenvalue weighted by Gasteiger charge is 2.26. The average molecular weight is 434 g/mol. The number of rotatable bonds is 8. The zero-order valence-corrected chi connectivity index (χ0v) is 18.6. The Bertz CT molecular complexity index is 1050. The van der Waals surface area contributed by atoms with Crippen LogP contribution in [0.15, 0.2) is 54.6 Å². The predicted octanol–water partition coefficient (Wildman–Crippen LogP) is 4.17. The SMILES string of the molecule is COc1ccc2cc(C(=O)N3CCC(CC(=O)NCCCc4ccccc4)CC3)[nH]c2c1. The van der Waals surface area contributed by atoms with E-state index in [1.807, 2.05) is 47.4 Å². The van der Waals surface area contributed by atoms with Crippen LogP contribution in [-0.2, 0) is 11.2 Å².